The van der Waals surface area contributed by atoms with Crippen molar-refractivity contribution in [1.29, 1.82) is 0 Å². The van der Waals surface area contributed by atoms with E-state index in [1.165, 1.54) is 4.90 Å². The molecule has 0 radical (unpaired) electrons. The second kappa shape index (κ2) is 7.93. The van der Waals surface area contributed by atoms with Crippen molar-refractivity contribution in [3.05, 3.63) is 54.1 Å². The van der Waals surface area contributed by atoms with E-state index in [1.54, 1.807) is 26.0 Å². The zero-order valence-corrected chi connectivity index (χ0v) is 13.0. The average Bonchev–Trinajstić information content (AvgIpc) is 2.56. The van der Waals surface area contributed by atoms with Crippen LogP contribution in [0.2, 0.25) is 0 Å². The quantitative estimate of drug-likeness (QED) is 0.468. The Balaban J connectivity index is 2.13. The summed E-state index contributed by atoms with van der Waals surface area (Å²) in [5, 5.41) is 0. The summed E-state index contributed by atoms with van der Waals surface area (Å²) in [7, 11) is 3.28. The largest absolute Gasteiger partial charge is 0.497 e. The van der Waals surface area contributed by atoms with Gasteiger partial charge in [0.2, 0.25) is 0 Å². The molecule has 2 aromatic rings. The molecule has 4 nitrogen and oxygen atoms in total. The fourth-order valence-electron chi connectivity index (χ4n) is 1.97. The van der Waals surface area contributed by atoms with Crippen LogP contribution >= 0.6 is 11.8 Å². The van der Waals surface area contributed by atoms with Crippen LogP contribution in [-0.2, 0) is 0 Å². The molecule has 0 saturated carbocycles. The molecule has 0 aliphatic rings. The summed E-state index contributed by atoms with van der Waals surface area (Å²) in [6.45, 7) is 0. The molecule has 2 rings (SSSR count). The number of thioether (sulfide) groups is 1. The highest BCUT2D eigenvalue weighted by Gasteiger charge is 2.13. The highest BCUT2D eigenvalue weighted by molar-refractivity contribution is 7.99. The van der Waals surface area contributed by atoms with Gasteiger partial charge in [0.15, 0.2) is 0 Å². The van der Waals surface area contributed by atoms with E-state index in [2.05, 4.69) is 17.6 Å². The molecule has 3 N–H and O–H groups in total. The number of nitrogens with two attached hydrogens (primary N) is 1. The van der Waals surface area contributed by atoms with Crippen molar-refractivity contribution in [3.63, 3.8) is 0 Å². The fraction of sp³-hybridized carbons (Fsp3) is 0.250. The first-order valence-electron chi connectivity index (χ1n) is 6.63. The van der Waals surface area contributed by atoms with Gasteiger partial charge in [-0.05, 0) is 29.8 Å². The Morgan fingerprint density at radius 2 is 1.67 bits per heavy atom. The summed E-state index contributed by atoms with van der Waals surface area (Å²) in [6, 6.07) is 16.0. The minimum atomic E-state index is 0.0132. The van der Waals surface area contributed by atoms with Gasteiger partial charge in [-0.15, -0.1) is 11.8 Å². The maximum Gasteiger partial charge on any atom is 0.122 e. The lowest BCUT2D eigenvalue weighted by Gasteiger charge is -2.18. The van der Waals surface area contributed by atoms with E-state index in [0.29, 0.717) is 0 Å². The molecule has 0 bridgehead atoms. The van der Waals surface area contributed by atoms with Gasteiger partial charge in [0.1, 0.15) is 11.5 Å². The van der Waals surface area contributed by atoms with Gasteiger partial charge >= 0.3 is 0 Å². The zero-order chi connectivity index (χ0) is 15.1. The average molecular weight is 304 g/mol. The van der Waals surface area contributed by atoms with Gasteiger partial charge in [-0.1, -0.05) is 18.2 Å². The molecule has 0 saturated heterocycles. The maximum absolute atomic E-state index is 5.71. The molecule has 112 valence electrons. The van der Waals surface area contributed by atoms with Gasteiger partial charge in [-0.2, -0.15) is 0 Å². The van der Waals surface area contributed by atoms with Crippen LogP contribution in [0.5, 0.6) is 11.5 Å². The summed E-state index contributed by atoms with van der Waals surface area (Å²) in [4.78, 5) is 1.22. The van der Waals surface area contributed by atoms with Gasteiger partial charge < -0.3 is 9.47 Å². The molecule has 21 heavy (non-hydrogen) atoms. The van der Waals surface area contributed by atoms with Crippen LogP contribution in [0, 0.1) is 0 Å². The normalized spacial score (nSPS) is 12.0. The predicted octanol–water partition coefficient (Wildman–Crippen LogP) is 3.00. The lowest BCUT2D eigenvalue weighted by molar-refractivity contribution is 0.392. The van der Waals surface area contributed by atoms with Crippen molar-refractivity contribution < 1.29 is 9.47 Å². The minimum absolute atomic E-state index is 0.0132. The standard InChI is InChI=1S/C16H20N2O2S/c1-19-13-8-12(9-14(10-13)20-2)16(18-17)11-21-15-6-4-3-5-7-15/h3-10,16,18H,11,17H2,1-2H3. The van der Waals surface area contributed by atoms with Gasteiger partial charge in [0.05, 0.1) is 20.3 Å². The predicted molar refractivity (Wildman–Crippen MR) is 86.8 cm³/mol. The van der Waals surface area contributed by atoms with Crippen LogP contribution in [0.1, 0.15) is 11.6 Å². The molecule has 0 spiro atoms. The summed E-state index contributed by atoms with van der Waals surface area (Å²) >= 11 is 1.75. The third-order valence-corrected chi connectivity index (χ3v) is 4.24. The van der Waals surface area contributed by atoms with E-state index >= 15 is 0 Å². The molecule has 0 aliphatic carbocycles. The van der Waals surface area contributed by atoms with Crippen LogP contribution in [0.15, 0.2) is 53.4 Å². The van der Waals surface area contributed by atoms with Crippen molar-refractivity contribution in [2.24, 2.45) is 5.84 Å². The lowest BCUT2D eigenvalue weighted by Crippen LogP contribution is -2.29. The van der Waals surface area contributed by atoms with Crippen LogP contribution in [-0.4, -0.2) is 20.0 Å². The summed E-state index contributed by atoms with van der Waals surface area (Å²) in [5.74, 6) is 8.04. The second-order valence-corrected chi connectivity index (χ2v) is 5.58. The molecule has 2 aromatic carbocycles. The first-order chi connectivity index (χ1) is 10.3. The lowest BCUT2D eigenvalue weighted by atomic mass is 10.1. The van der Waals surface area contributed by atoms with Crippen LogP contribution in [0.3, 0.4) is 0 Å². The molecular weight excluding hydrogens is 284 g/mol. The van der Waals surface area contributed by atoms with Crippen LogP contribution in [0.25, 0.3) is 0 Å². The highest BCUT2D eigenvalue weighted by atomic mass is 32.2. The molecule has 1 unspecified atom stereocenters. The molecule has 0 amide bonds. The number of hydrogen-bond acceptors (Lipinski definition) is 5. The van der Waals surface area contributed by atoms with Gasteiger partial charge in [-0.25, -0.2) is 0 Å². The topological polar surface area (TPSA) is 56.5 Å². The zero-order valence-electron chi connectivity index (χ0n) is 12.2. The highest BCUT2D eigenvalue weighted by Crippen LogP contribution is 2.29. The van der Waals surface area contributed by atoms with E-state index < -0.39 is 0 Å². The number of hydrazine groups is 1. The number of nitrogens with one attached hydrogen (secondary N) is 1. The molecule has 1 atom stereocenters. The molecule has 0 aromatic heterocycles. The fourth-order valence-corrected chi connectivity index (χ4v) is 2.96. The van der Waals surface area contributed by atoms with E-state index in [9.17, 15) is 0 Å². The van der Waals surface area contributed by atoms with Crippen molar-refractivity contribution in [2.75, 3.05) is 20.0 Å². The summed E-state index contributed by atoms with van der Waals surface area (Å²) in [6.07, 6.45) is 0. The van der Waals surface area contributed by atoms with Crippen LogP contribution < -0.4 is 20.7 Å². The number of rotatable bonds is 7. The van der Waals surface area contributed by atoms with Gasteiger partial charge in [0, 0.05) is 16.7 Å². The van der Waals surface area contributed by atoms with Gasteiger partial charge in [-0.3, -0.25) is 11.3 Å². The Hall–Kier alpha value is -1.69. The van der Waals surface area contributed by atoms with E-state index in [0.717, 1.165) is 22.8 Å². The Labute approximate surface area is 129 Å². The van der Waals surface area contributed by atoms with Crippen LogP contribution in [0.4, 0.5) is 0 Å². The maximum atomic E-state index is 5.71. The number of methoxy groups -OCH3 is 2. The number of hydrogen-bond donors (Lipinski definition) is 2. The first-order valence-corrected chi connectivity index (χ1v) is 7.62. The molecule has 0 heterocycles. The van der Waals surface area contributed by atoms with Gasteiger partial charge in [0.25, 0.3) is 0 Å². The molecule has 5 heteroatoms. The SMILES string of the molecule is COc1cc(OC)cc(C(CSc2ccccc2)NN)c1. The second-order valence-electron chi connectivity index (χ2n) is 4.49. The third kappa shape index (κ3) is 4.39. The van der Waals surface area contributed by atoms with E-state index in [-0.39, 0.29) is 6.04 Å². The van der Waals surface area contributed by atoms with Crippen molar-refractivity contribution >= 4 is 11.8 Å². The monoisotopic (exact) mass is 304 g/mol. The Kier molecular flexibility index (Phi) is 5.92. The third-order valence-electron chi connectivity index (χ3n) is 3.14. The number of benzene rings is 2. The molecule has 0 aliphatic heterocycles. The Morgan fingerprint density at radius 3 is 2.19 bits per heavy atom. The Bertz CT molecular complexity index is 541. The van der Waals surface area contributed by atoms with Crippen molar-refractivity contribution in [2.45, 2.75) is 10.9 Å². The van der Waals surface area contributed by atoms with Crippen molar-refractivity contribution in [3.8, 4) is 11.5 Å². The minimum Gasteiger partial charge on any atom is -0.497 e. The number of ether oxygens (including phenoxy) is 2. The van der Waals surface area contributed by atoms with Crippen molar-refractivity contribution in [1.82, 2.24) is 5.43 Å². The van der Waals surface area contributed by atoms with E-state index in [1.807, 2.05) is 36.4 Å². The van der Waals surface area contributed by atoms with E-state index in [4.69, 9.17) is 15.3 Å². The molecular formula is C16H20N2O2S. The summed E-state index contributed by atoms with van der Waals surface area (Å²) in [5.41, 5.74) is 3.90. The summed E-state index contributed by atoms with van der Waals surface area (Å²) < 4.78 is 10.6. The molecule has 0 fully saturated rings. The Morgan fingerprint density at radius 1 is 1.05 bits per heavy atom. The smallest absolute Gasteiger partial charge is 0.122 e. The first kappa shape index (κ1) is 15.7.